The minimum atomic E-state index is -3.47. The largest absolute Gasteiger partial charge is 0.497 e. The lowest BCUT2D eigenvalue weighted by molar-refractivity contribution is 0.414. The minimum absolute atomic E-state index is 0.473. The highest BCUT2D eigenvalue weighted by molar-refractivity contribution is 7.89. The predicted molar refractivity (Wildman–Crippen MR) is 82.3 cm³/mol. The SMILES string of the molecule is C=CCCC(CCCc1ccc(OC)cc1)S(N)(=O)=O. The lowest BCUT2D eigenvalue weighted by atomic mass is 10.0. The molecular weight excluding hydrogens is 274 g/mol. The monoisotopic (exact) mass is 297 g/mol. The van der Waals surface area contributed by atoms with Gasteiger partial charge in [-0.3, -0.25) is 0 Å². The van der Waals surface area contributed by atoms with E-state index in [9.17, 15) is 8.42 Å². The van der Waals surface area contributed by atoms with Crippen LogP contribution < -0.4 is 9.88 Å². The van der Waals surface area contributed by atoms with Gasteiger partial charge in [0.15, 0.2) is 0 Å². The molecule has 1 rings (SSSR count). The summed E-state index contributed by atoms with van der Waals surface area (Å²) in [5, 5.41) is 4.79. The fourth-order valence-electron chi connectivity index (χ4n) is 2.10. The van der Waals surface area contributed by atoms with Gasteiger partial charge in [0.1, 0.15) is 5.75 Å². The summed E-state index contributed by atoms with van der Waals surface area (Å²) in [6.45, 7) is 3.61. The number of methoxy groups -OCH3 is 1. The van der Waals surface area contributed by atoms with Crippen LogP contribution in [-0.2, 0) is 16.4 Å². The van der Waals surface area contributed by atoms with Crippen LogP contribution in [0.15, 0.2) is 36.9 Å². The molecule has 0 saturated carbocycles. The van der Waals surface area contributed by atoms with Crippen molar-refractivity contribution in [2.24, 2.45) is 5.14 Å². The third kappa shape index (κ3) is 5.75. The van der Waals surface area contributed by atoms with Crippen molar-refractivity contribution in [3.8, 4) is 5.75 Å². The van der Waals surface area contributed by atoms with Gasteiger partial charge >= 0.3 is 0 Å². The van der Waals surface area contributed by atoms with Crippen LogP contribution in [0.25, 0.3) is 0 Å². The Hall–Kier alpha value is -1.33. The van der Waals surface area contributed by atoms with Crippen molar-refractivity contribution in [1.29, 1.82) is 0 Å². The fraction of sp³-hybridized carbons (Fsp3) is 0.467. The number of primary sulfonamides is 1. The molecule has 0 aliphatic rings. The van der Waals surface area contributed by atoms with Crippen LogP contribution in [0.3, 0.4) is 0 Å². The molecule has 1 aromatic rings. The van der Waals surface area contributed by atoms with Gasteiger partial charge in [0.2, 0.25) is 10.0 Å². The van der Waals surface area contributed by atoms with Crippen LogP contribution in [0, 0.1) is 0 Å². The normalized spacial score (nSPS) is 12.9. The molecule has 1 atom stereocenters. The quantitative estimate of drug-likeness (QED) is 0.712. The summed E-state index contributed by atoms with van der Waals surface area (Å²) < 4.78 is 28.1. The zero-order valence-corrected chi connectivity index (χ0v) is 12.7. The van der Waals surface area contributed by atoms with E-state index >= 15 is 0 Å². The van der Waals surface area contributed by atoms with Crippen LogP contribution in [0.1, 0.15) is 31.2 Å². The molecule has 0 spiro atoms. The average molecular weight is 297 g/mol. The Morgan fingerprint density at radius 2 is 1.95 bits per heavy atom. The van der Waals surface area contributed by atoms with E-state index in [0.717, 1.165) is 18.6 Å². The fourth-order valence-corrected chi connectivity index (χ4v) is 3.06. The molecule has 0 saturated heterocycles. The molecule has 112 valence electrons. The summed E-state index contributed by atoms with van der Waals surface area (Å²) >= 11 is 0. The minimum Gasteiger partial charge on any atom is -0.497 e. The summed E-state index contributed by atoms with van der Waals surface area (Å²) in [4.78, 5) is 0. The predicted octanol–water partition coefficient (Wildman–Crippen LogP) is 2.64. The van der Waals surface area contributed by atoms with Gasteiger partial charge in [-0.05, 0) is 49.8 Å². The zero-order valence-electron chi connectivity index (χ0n) is 11.9. The molecule has 0 aliphatic heterocycles. The molecule has 0 fully saturated rings. The van der Waals surface area contributed by atoms with Crippen LogP contribution in [-0.4, -0.2) is 20.8 Å². The molecule has 0 radical (unpaired) electrons. The van der Waals surface area contributed by atoms with Crippen molar-refractivity contribution in [3.05, 3.63) is 42.5 Å². The Morgan fingerprint density at radius 3 is 2.45 bits per heavy atom. The number of benzene rings is 1. The zero-order chi connectivity index (χ0) is 15.0. The maximum atomic E-state index is 11.5. The molecule has 0 amide bonds. The van der Waals surface area contributed by atoms with Crippen molar-refractivity contribution >= 4 is 10.0 Å². The summed E-state index contributed by atoms with van der Waals surface area (Å²) in [5.41, 5.74) is 1.17. The molecule has 5 heteroatoms. The van der Waals surface area contributed by atoms with Gasteiger partial charge in [-0.15, -0.1) is 6.58 Å². The van der Waals surface area contributed by atoms with E-state index < -0.39 is 15.3 Å². The standard InChI is InChI=1S/C15H23NO3S/c1-3-4-7-15(20(16,17)18)8-5-6-13-9-11-14(19-2)12-10-13/h3,9-12,15H,1,4-8H2,2H3,(H2,16,17,18). The van der Waals surface area contributed by atoms with Crippen molar-refractivity contribution < 1.29 is 13.2 Å². The molecule has 4 nitrogen and oxygen atoms in total. The number of ether oxygens (including phenoxy) is 1. The number of hydrogen-bond donors (Lipinski definition) is 1. The third-order valence-electron chi connectivity index (χ3n) is 3.31. The Labute approximate surface area is 121 Å². The molecule has 2 N–H and O–H groups in total. The molecular formula is C15H23NO3S. The van der Waals surface area contributed by atoms with E-state index in [1.807, 2.05) is 24.3 Å². The first kappa shape index (κ1) is 16.7. The average Bonchev–Trinajstić information content (AvgIpc) is 2.42. The second kappa shape index (κ2) is 8.07. The number of hydrogen-bond acceptors (Lipinski definition) is 3. The van der Waals surface area contributed by atoms with Crippen LogP contribution in [0.5, 0.6) is 5.75 Å². The highest BCUT2D eigenvalue weighted by Crippen LogP contribution is 2.17. The second-order valence-corrected chi connectivity index (χ2v) is 6.66. The van der Waals surface area contributed by atoms with Gasteiger partial charge in [0.05, 0.1) is 12.4 Å². The summed E-state index contributed by atoms with van der Waals surface area (Å²) in [6, 6.07) is 7.80. The number of rotatable bonds is 9. The molecule has 1 unspecified atom stereocenters. The Balaban J connectivity index is 2.48. The van der Waals surface area contributed by atoms with Crippen molar-refractivity contribution in [3.63, 3.8) is 0 Å². The first-order valence-electron chi connectivity index (χ1n) is 6.73. The molecule has 0 aromatic heterocycles. The van der Waals surface area contributed by atoms with Crippen LogP contribution >= 0.6 is 0 Å². The maximum Gasteiger partial charge on any atom is 0.211 e. The highest BCUT2D eigenvalue weighted by Gasteiger charge is 2.19. The van der Waals surface area contributed by atoms with E-state index in [0.29, 0.717) is 19.3 Å². The summed E-state index contributed by atoms with van der Waals surface area (Å²) in [7, 11) is -1.84. The summed E-state index contributed by atoms with van der Waals surface area (Å²) in [5.74, 6) is 0.821. The lowest BCUT2D eigenvalue weighted by Gasteiger charge is -2.13. The highest BCUT2D eigenvalue weighted by atomic mass is 32.2. The van der Waals surface area contributed by atoms with Gasteiger partial charge in [0.25, 0.3) is 0 Å². The number of nitrogens with two attached hydrogens (primary N) is 1. The van der Waals surface area contributed by atoms with E-state index in [1.54, 1.807) is 13.2 Å². The molecule has 0 heterocycles. The maximum absolute atomic E-state index is 11.5. The van der Waals surface area contributed by atoms with Gasteiger partial charge < -0.3 is 4.74 Å². The lowest BCUT2D eigenvalue weighted by Crippen LogP contribution is -2.28. The van der Waals surface area contributed by atoms with Crippen molar-refractivity contribution in [2.75, 3.05) is 7.11 Å². The number of aryl methyl sites for hydroxylation is 1. The van der Waals surface area contributed by atoms with Crippen LogP contribution in [0.4, 0.5) is 0 Å². The van der Waals surface area contributed by atoms with Crippen molar-refractivity contribution in [2.45, 2.75) is 37.4 Å². The third-order valence-corrected chi connectivity index (χ3v) is 4.71. The molecule has 0 bridgehead atoms. The first-order valence-corrected chi connectivity index (χ1v) is 8.33. The van der Waals surface area contributed by atoms with E-state index in [4.69, 9.17) is 9.88 Å². The number of allylic oxidation sites excluding steroid dienone is 1. The van der Waals surface area contributed by atoms with E-state index in [1.165, 1.54) is 5.56 Å². The Morgan fingerprint density at radius 1 is 1.30 bits per heavy atom. The molecule has 20 heavy (non-hydrogen) atoms. The van der Waals surface area contributed by atoms with Crippen molar-refractivity contribution in [1.82, 2.24) is 0 Å². The first-order chi connectivity index (χ1) is 9.47. The van der Waals surface area contributed by atoms with E-state index in [2.05, 4.69) is 6.58 Å². The number of sulfonamides is 1. The van der Waals surface area contributed by atoms with Crippen LogP contribution in [0.2, 0.25) is 0 Å². The molecule has 0 aliphatic carbocycles. The Bertz CT molecular complexity index is 508. The van der Waals surface area contributed by atoms with Gasteiger partial charge in [-0.1, -0.05) is 18.2 Å². The van der Waals surface area contributed by atoms with E-state index in [-0.39, 0.29) is 0 Å². The Kier molecular flexibility index (Phi) is 6.75. The smallest absolute Gasteiger partial charge is 0.211 e. The van der Waals surface area contributed by atoms with Gasteiger partial charge in [-0.25, -0.2) is 13.6 Å². The topological polar surface area (TPSA) is 69.4 Å². The summed E-state index contributed by atoms with van der Waals surface area (Å²) in [6.07, 6.45) is 5.16. The van der Waals surface area contributed by atoms with Gasteiger partial charge in [-0.2, -0.15) is 0 Å². The second-order valence-electron chi connectivity index (χ2n) is 4.82. The molecule has 1 aromatic carbocycles. The van der Waals surface area contributed by atoms with Gasteiger partial charge in [0, 0.05) is 0 Å².